The van der Waals surface area contributed by atoms with E-state index in [1.807, 2.05) is 0 Å². The molecule has 3 N–H and O–H groups in total. The first kappa shape index (κ1) is 13.7. The van der Waals surface area contributed by atoms with Gasteiger partial charge in [0.2, 0.25) is 0 Å². The van der Waals surface area contributed by atoms with Gasteiger partial charge in [-0.15, -0.1) is 0 Å². The van der Waals surface area contributed by atoms with E-state index in [0.29, 0.717) is 0 Å². The highest BCUT2D eigenvalue weighted by Gasteiger charge is 2.48. The first-order valence-corrected chi connectivity index (χ1v) is 8.91. The molecule has 2 heterocycles. The quantitative estimate of drug-likeness (QED) is 0.575. The number of carbonyl (C=O) groups excluding carboxylic acids is 1. The number of carbonyl (C=O) groups is 1. The summed E-state index contributed by atoms with van der Waals surface area (Å²) in [5.41, 5.74) is 0. The third kappa shape index (κ3) is 5.01. The Kier molecular flexibility index (Phi) is 4.28. The van der Waals surface area contributed by atoms with Crippen LogP contribution in [0.5, 0.6) is 0 Å². The number of nitrogens with one attached hydrogen (secondary N) is 1. The van der Waals surface area contributed by atoms with Gasteiger partial charge in [0, 0.05) is 25.1 Å². The number of nitrogens with zero attached hydrogens (tertiary/aromatic N) is 1. The Bertz CT molecular complexity index is 810. The van der Waals surface area contributed by atoms with Crippen LogP contribution in [0.15, 0.2) is 36.5 Å². The van der Waals surface area contributed by atoms with Gasteiger partial charge in [-0.05, 0) is 19.9 Å². The molecule has 2 rings (SSSR count). The summed E-state index contributed by atoms with van der Waals surface area (Å²) in [5.74, 6) is -1.75. The molecule has 1 fully saturated rings. The lowest BCUT2D eigenvalue weighted by molar-refractivity contribution is -0.118. The molecule has 10 heteroatoms. The molecule has 2 aliphatic rings. The zero-order valence-corrected chi connectivity index (χ0v) is 14.5. The van der Waals surface area contributed by atoms with E-state index in [1.165, 1.54) is 11.1 Å². The van der Waals surface area contributed by atoms with Crippen LogP contribution in [0, 0.1) is 0 Å². The van der Waals surface area contributed by atoms with Crippen molar-refractivity contribution >= 4 is 13.5 Å². The van der Waals surface area contributed by atoms with E-state index < -0.39 is 63.0 Å². The van der Waals surface area contributed by atoms with E-state index in [-0.39, 0.29) is 5.82 Å². The maximum absolute atomic E-state index is 11.5. The Balaban J connectivity index is 2.55. The summed E-state index contributed by atoms with van der Waals surface area (Å²) < 4.78 is 66.1. The number of methoxy groups -OCH3 is 1. The molecule has 0 spiro atoms. The van der Waals surface area contributed by atoms with Gasteiger partial charge in [0.05, 0.1) is 13.0 Å². The average Bonchev–Trinajstić information content (AvgIpc) is 2.88. The van der Waals surface area contributed by atoms with Crippen LogP contribution in [0.2, 0.25) is 0 Å². The van der Waals surface area contributed by atoms with Crippen molar-refractivity contribution in [3.8, 4) is 0 Å². The highest BCUT2D eigenvalue weighted by molar-refractivity contribution is 7.55. The van der Waals surface area contributed by atoms with Gasteiger partial charge in [-0.1, -0.05) is 6.58 Å². The molecule has 4 atom stereocenters. The van der Waals surface area contributed by atoms with Crippen molar-refractivity contribution in [2.45, 2.75) is 44.5 Å². The van der Waals surface area contributed by atoms with E-state index in [0.717, 1.165) is 6.08 Å². The number of hydrogen-bond donors (Lipinski definition) is 3. The van der Waals surface area contributed by atoms with Crippen molar-refractivity contribution in [3.05, 3.63) is 36.5 Å². The van der Waals surface area contributed by atoms with E-state index in [1.54, 1.807) is 13.8 Å². The van der Waals surface area contributed by atoms with Gasteiger partial charge in [0.25, 0.3) is 5.91 Å². The Morgan fingerprint density at radius 3 is 2.84 bits per heavy atom. The molecular weight excluding hydrogens is 351 g/mol. The van der Waals surface area contributed by atoms with E-state index in [4.69, 9.17) is 21.1 Å². The number of ether oxygens (including phenoxy) is 3. The average molecular weight is 379 g/mol. The second-order valence-electron chi connectivity index (χ2n) is 5.64. The highest BCUT2D eigenvalue weighted by atomic mass is 31.2. The molecule has 1 amide bonds. The molecule has 0 radical (unpaired) electrons. The fourth-order valence-corrected chi connectivity index (χ4v) is 2.74. The summed E-state index contributed by atoms with van der Waals surface area (Å²) in [5, 5.41) is 2.40. The highest BCUT2D eigenvalue weighted by Crippen LogP contribution is 2.38. The maximum Gasteiger partial charge on any atom is 0.348 e. The lowest BCUT2D eigenvalue weighted by atomic mass is 10.1. The zero-order chi connectivity index (χ0) is 23.0. The maximum atomic E-state index is 11.5. The normalized spacial score (nSPS) is 34.8. The zero-order valence-electron chi connectivity index (χ0n) is 18.6. The molecule has 9 nitrogen and oxygen atoms in total. The van der Waals surface area contributed by atoms with E-state index in [9.17, 15) is 19.1 Å². The molecule has 0 aliphatic carbocycles. The van der Waals surface area contributed by atoms with Crippen LogP contribution in [0.25, 0.3) is 0 Å². The first-order chi connectivity index (χ1) is 13.6. The number of amides is 1. The van der Waals surface area contributed by atoms with Crippen LogP contribution >= 0.6 is 7.60 Å². The molecular formula is C15H23N2O7P. The minimum absolute atomic E-state index is 0.0205. The van der Waals surface area contributed by atoms with Crippen LogP contribution in [-0.2, 0) is 23.6 Å². The summed E-state index contributed by atoms with van der Waals surface area (Å²) in [4.78, 5) is 31.3. The van der Waals surface area contributed by atoms with Crippen molar-refractivity contribution in [2.24, 2.45) is 0 Å². The van der Waals surface area contributed by atoms with Crippen LogP contribution in [-0.4, -0.2) is 58.3 Å². The monoisotopic (exact) mass is 379 g/mol. The van der Waals surface area contributed by atoms with Gasteiger partial charge in [-0.2, -0.15) is 0 Å². The minimum atomic E-state index is -5.09. The van der Waals surface area contributed by atoms with Crippen molar-refractivity contribution in [1.82, 2.24) is 10.2 Å². The van der Waals surface area contributed by atoms with Crippen LogP contribution in [0.1, 0.15) is 20.7 Å². The van der Waals surface area contributed by atoms with E-state index in [2.05, 4.69) is 11.9 Å². The van der Waals surface area contributed by atoms with Gasteiger partial charge < -0.3 is 34.2 Å². The lowest BCUT2D eigenvalue weighted by Crippen LogP contribution is -2.47. The van der Waals surface area contributed by atoms with Gasteiger partial charge in [0.1, 0.15) is 24.1 Å². The fourth-order valence-electron chi connectivity index (χ4n) is 2.44. The summed E-state index contributed by atoms with van der Waals surface area (Å²) in [6.45, 7) is 6.90. The Hall–Kier alpha value is -1.48. The fraction of sp³-hybridized carbons (Fsp3) is 0.533. The van der Waals surface area contributed by atoms with Crippen LogP contribution in [0.3, 0.4) is 0 Å². The van der Waals surface area contributed by atoms with Crippen molar-refractivity contribution < 1.29 is 40.2 Å². The molecule has 0 saturated carbocycles. The van der Waals surface area contributed by atoms with Crippen molar-refractivity contribution in [1.29, 1.82) is 0 Å². The molecule has 0 aromatic carbocycles. The van der Waals surface area contributed by atoms with Crippen LogP contribution < -0.4 is 5.32 Å². The Labute approximate surface area is 153 Å². The Morgan fingerprint density at radius 2 is 2.28 bits per heavy atom. The summed E-state index contributed by atoms with van der Waals surface area (Å²) >= 11 is 0. The van der Waals surface area contributed by atoms with Crippen LogP contribution in [0.4, 0.5) is 0 Å². The predicted molar refractivity (Wildman–Crippen MR) is 88.9 cm³/mol. The Morgan fingerprint density at radius 1 is 1.56 bits per heavy atom. The van der Waals surface area contributed by atoms with Gasteiger partial charge in [-0.25, -0.2) is 0 Å². The first-order valence-electron chi connectivity index (χ1n) is 9.80. The minimum Gasteiger partial charge on any atom is -0.374 e. The molecule has 1 saturated heterocycles. The smallest absolute Gasteiger partial charge is 0.348 e. The van der Waals surface area contributed by atoms with Crippen molar-refractivity contribution in [3.63, 3.8) is 0 Å². The number of rotatable bonds is 6. The summed E-state index contributed by atoms with van der Waals surface area (Å²) in [7, 11) is -8.00. The molecule has 0 bridgehead atoms. The second kappa shape index (κ2) is 7.82. The third-order valence-corrected chi connectivity index (χ3v) is 3.77. The molecule has 0 aromatic rings. The second-order valence-corrected chi connectivity index (χ2v) is 6.95. The lowest BCUT2D eigenvalue weighted by Gasteiger charge is -2.34. The standard InChI is InChI=1S/C15H23N2O7P/c1-9(2)23-13-11(6-8-25(19,20)21)24-15(14(13)22-4)17-7-5-12(18)16-10(17)3/h5-9,11,13-15H,3H2,1-2,4H3,(H,16,18)(H2,19,20,21)/b8-6+/t11-,13-,14-,15-/m1/s1/i4D3,6D,8D. The van der Waals surface area contributed by atoms with E-state index >= 15 is 0 Å². The third-order valence-electron chi connectivity index (χ3n) is 3.35. The van der Waals surface area contributed by atoms with Crippen molar-refractivity contribution in [2.75, 3.05) is 7.04 Å². The van der Waals surface area contributed by atoms with Gasteiger partial charge in [-0.3, -0.25) is 9.36 Å². The summed E-state index contributed by atoms with van der Waals surface area (Å²) in [6.07, 6.45) is -3.68. The summed E-state index contributed by atoms with van der Waals surface area (Å²) in [6, 6.07) is -0.883. The largest absolute Gasteiger partial charge is 0.374 e. The molecule has 0 unspecified atom stereocenters. The molecule has 2 aliphatic heterocycles. The molecule has 140 valence electrons. The number of hydrogen-bond acceptors (Lipinski definition) is 6. The SMILES string of the molecule is [2H]/C(=C(/[2H])P(=O)(O)O)[C@H]1O[C@@H](N2C=CC(=O)NC2=C)[C@H](OC([2H])([2H])[2H])[C@@H]1OC(C)C. The topological polar surface area (TPSA) is 118 Å². The van der Waals surface area contributed by atoms with Gasteiger partial charge >= 0.3 is 7.60 Å². The molecule has 25 heavy (non-hydrogen) atoms. The molecule has 0 aromatic heterocycles. The van der Waals surface area contributed by atoms with Gasteiger partial charge in [0.15, 0.2) is 6.23 Å². The predicted octanol–water partition coefficient (Wildman–Crippen LogP) is 0.628.